The summed E-state index contributed by atoms with van der Waals surface area (Å²) in [5, 5.41) is 33.3. The van der Waals surface area contributed by atoms with Gasteiger partial charge in [-0.05, 0) is 52.7 Å². The van der Waals surface area contributed by atoms with E-state index in [1.807, 2.05) is 12.1 Å². The summed E-state index contributed by atoms with van der Waals surface area (Å²) in [6.45, 7) is 4.43. The lowest BCUT2D eigenvalue weighted by atomic mass is 10.1. The third-order valence-electron chi connectivity index (χ3n) is 6.01. The number of anilines is 1. The minimum Gasteiger partial charge on any atom is -0.394 e. The minimum absolute atomic E-state index is 0.379. The van der Waals surface area contributed by atoms with Crippen molar-refractivity contribution in [3.8, 4) is 16.5 Å². The van der Waals surface area contributed by atoms with Crippen molar-refractivity contribution in [3.63, 3.8) is 0 Å². The van der Waals surface area contributed by atoms with E-state index in [1.54, 1.807) is 12.1 Å². The monoisotopic (exact) mass is 542 g/mol. The molecule has 196 valence electrons. The van der Waals surface area contributed by atoms with Crippen LogP contribution >= 0.6 is 11.3 Å². The maximum absolute atomic E-state index is 12.4. The van der Waals surface area contributed by atoms with Gasteiger partial charge in [0.25, 0.3) is 10.0 Å². The lowest BCUT2D eigenvalue weighted by Crippen LogP contribution is -2.38. The highest BCUT2D eigenvalue weighted by atomic mass is 32.2. The molecule has 1 aromatic heterocycles. The van der Waals surface area contributed by atoms with E-state index < -0.39 is 27.6 Å². The van der Waals surface area contributed by atoms with Crippen molar-refractivity contribution in [1.82, 2.24) is 9.62 Å². The first-order valence-electron chi connectivity index (χ1n) is 12.0. The number of fused-ring (bicyclic) bond motifs is 1. The zero-order chi connectivity index (χ0) is 26.3. The number of hydrogen-bond acceptors (Lipinski definition) is 9. The van der Waals surface area contributed by atoms with Crippen LogP contribution in [0.15, 0.2) is 53.4 Å². The molecule has 1 aliphatic heterocycles. The number of rotatable bonds is 11. The van der Waals surface area contributed by atoms with Gasteiger partial charge >= 0.3 is 0 Å². The largest absolute Gasteiger partial charge is 0.394 e. The van der Waals surface area contributed by atoms with Crippen LogP contribution < -0.4 is 10.0 Å². The zero-order valence-electron chi connectivity index (χ0n) is 20.3. The van der Waals surface area contributed by atoms with E-state index in [1.165, 1.54) is 17.4 Å². The summed E-state index contributed by atoms with van der Waals surface area (Å²) in [4.78, 5) is 3.48. The fraction of sp³-hybridized carbons (Fsp3) is 0.346. The van der Waals surface area contributed by atoms with Gasteiger partial charge in [-0.15, -0.1) is 11.3 Å². The Morgan fingerprint density at radius 1 is 1.16 bits per heavy atom. The van der Waals surface area contributed by atoms with Gasteiger partial charge in [0.2, 0.25) is 0 Å². The molecule has 1 atom stereocenters. The summed E-state index contributed by atoms with van der Waals surface area (Å²) in [7, 11) is -4.11. The van der Waals surface area contributed by atoms with Crippen LogP contribution in [0.4, 0.5) is 5.69 Å². The van der Waals surface area contributed by atoms with Gasteiger partial charge in [0.05, 0.1) is 25.9 Å². The van der Waals surface area contributed by atoms with Crippen molar-refractivity contribution in [2.45, 2.75) is 6.10 Å². The van der Waals surface area contributed by atoms with Crippen LogP contribution in [-0.4, -0.2) is 82.2 Å². The average molecular weight is 543 g/mol. The van der Waals surface area contributed by atoms with Gasteiger partial charge in [-0.2, -0.15) is 5.26 Å². The standard InChI is InChI=1S/C26H30N4O5S2/c27-16-25(37(33,34)29-17-23(32)18-31)15-24-5-6-26(36-24)21-2-1-20-14-22(4-3-19(20)13-21)28-7-8-30-9-11-35-12-10-30/h1-6,13-15,23,28-29,31-32H,7-12,17-18H2. The minimum atomic E-state index is -4.11. The van der Waals surface area contributed by atoms with Crippen LogP contribution in [0.3, 0.4) is 0 Å². The molecule has 3 aromatic rings. The third-order valence-corrected chi connectivity index (χ3v) is 8.42. The van der Waals surface area contributed by atoms with E-state index in [0.29, 0.717) is 4.88 Å². The van der Waals surface area contributed by atoms with E-state index >= 15 is 0 Å². The van der Waals surface area contributed by atoms with Crippen molar-refractivity contribution in [2.75, 3.05) is 57.9 Å². The molecular formula is C26H30N4O5S2. The SMILES string of the molecule is N#CC(=Cc1ccc(-c2ccc3cc(NCCN4CCOCC4)ccc3c2)s1)S(=O)(=O)NCC(O)CO. The molecule has 0 amide bonds. The summed E-state index contributed by atoms with van der Waals surface area (Å²) in [6, 6.07) is 17.8. The molecule has 9 nitrogen and oxygen atoms in total. The molecule has 0 saturated carbocycles. The molecule has 1 fully saturated rings. The second kappa shape index (κ2) is 12.6. The van der Waals surface area contributed by atoms with Crippen LogP contribution in [0.1, 0.15) is 4.88 Å². The topological polar surface area (TPSA) is 135 Å². The molecule has 2 aromatic carbocycles. The Morgan fingerprint density at radius 3 is 2.68 bits per heavy atom. The van der Waals surface area contributed by atoms with E-state index in [4.69, 9.17) is 9.84 Å². The molecule has 4 rings (SSSR count). The van der Waals surface area contributed by atoms with Gasteiger partial charge in [-0.25, -0.2) is 13.1 Å². The molecule has 0 aliphatic carbocycles. The smallest absolute Gasteiger partial charge is 0.250 e. The Hall–Kier alpha value is -2.82. The van der Waals surface area contributed by atoms with Crippen LogP contribution in [0.2, 0.25) is 0 Å². The maximum Gasteiger partial charge on any atom is 0.250 e. The number of morpholine rings is 1. The predicted octanol–water partition coefficient (Wildman–Crippen LogP) is 2.45. The molecule has 2 heterocycles. The van der Waals surface area contributed by atoms with E-state index in [-0.39, 0.29) is 6.54 Å². The first-order valence-corrected chi connectivity index (χ1v) is 14.3. The molecule has 1 aliphatic rings. The van der Waals surface area contributed by atoms with Crippen molar-refractivity contribution in [1.29, 1.82) is 5.26 Å². The highest BCUT2D eigenvalue weighted by Crippen LogP contribution is 2.32. The second-order valence-electron chi connectivity index (χ2n) is 8.67. The fourth-order valence-electron chi connectivity index (χ4n) is 3.92. The number of nitrogens with zero attached hydrogens (tertiary/aromatic N) is 2. The van der Waals surface area contributed by atoms with Gasteiger partial charge in [0.15, 0.2) is 4.91 Å². The summed E-state index contributed by atoms with van der Waals surface area (Å²) < 4.78 is 32.3. The Labute approximate surface area is 220 Å². The van der Waals surface area contributed by atoms with Crippen molar-refractivity contribution in [3.05, 3.63) is 58.3 Å². The molecular weight excluding hydrogens is 512 g/mol. The predicted molar refractivity (Wildman–Crippen MR) is 147 cm³/mol. The molecule has 4 N–H and O–H groups in total. The summed E-state index contributed by atoms with van der Waals surface area (Å²) in [6.07, 6.45) is 0.0653. The Morgan fingerprint density at radius 2 is 1.92 bits per heavy atom. The van der Waals surface area contributed by atoms with Crippen LogP contribution in [0.25, 0.3) is 27.3 Å². The van der Waals surface area contributed by atoms with Gasteiger partial charge in [0, 0.05) is 48.2 Å². The molecule has 0 radical (unpaired) electrons. The van der Waals surface area contributed by atoms with E-state index in [2.05, 4.69) is 45.3 Å². The first-order chi connectivity index (χ1) is 17.9. The lowest BCUT2D eigenvalue weighted by Gasteiger charge is -2.26. The number of aliphatic hydroxyl groups is 2. The number of thiophene rings is 1. The summed E-state index contributed by atoms with van der Waals surface area (Å²) in [5.41, 5.74) is 2.07. The van der Waals surface area contributed by atoms with Crippen molar-refractivity contribution in [2.24, 2.45) is 0 Å². The molecule has 11 heteroatoms. The lowest BCUT2D eigenvalue weighted by molar-refractivity contribution is 0.0398. The molecule has 1 saturated heterocycles. The van der Waals surface area contributed by atoms with Gasteiger partial charge in [0.1, 0.15) is 6.07 Å². The van der Waals surface area contributed by atoms with Crippen molar-refractivity contribution < 1.29 is 23.4 Å². The quantitative estimate of drug-likeness (QED) is 0.272. The average Bonchev–Trinajstić information content (AvgIpc) is 3.39. The molecule has 0 spiro atoms. The number of aliphatic hydroxyl groups excluding tert-OH is 2. The third kappa shape index (κ3) is 7.37. The normalized spacial score (nSPS) is 16.0. The second-order valence-corrected chi connectivity index (χ2v) is 11.5. The number of sulfonamides is 1. The molecule has 1 unspecified atom stereocenters. The number of benzene rings is 2. The number of nitriles is 1. The van der Waals surface area contributed by atoms with Gasteiger partial charge < -0.3 is 20.3 Å². The Bertz CT molecular complexity index is 1390. The molecule has 0 bridgehead atoms. The van der Waals surface area contributed by atoms with E-state index in [0.717, 1.165) is 66.3 Å². The van der Waals surface area contributed by atoms with E-state index in [9.17, 15) is 18.8 Å². The Kier molecular flexibility index (Phi) is 9.28. The highest BCUT2D eigenvalue weighted by molar-refractivity contribution is 7.93. The number of ether oxygens (including phenoxy) is 1. The zero-order valence-corrected chi connectivity index (χ0v) is 21.9. The molecule has 37 heavy (non-hydrogen) atoms. The van der Waals surface area contributed by atoms with Crippen LogP contribution in [0.5, 0.6) is 0 Å². The van der Waals surface area contributed by atoms with Gasteiger partial charge in [-0.1, -0.05) is 18.2 Å². The number of nitrogens with one attached hydrogen (secondary N) is 2. The number of hydrogen-bond donors (Lipinski definition) is 4. The number of allylic oxidation sites excluding steroid dienone is 1. The summed E-state index contributed by atoms with van der Waals surface area (Å²) in [5.74, 6) is 0. The maximum atomic E-state index is 12.4. The van der Waals surface area contributed by atoms with Crippen LogP contribution in [-0.2, 0) is 14.8 Å². The summed E-state index contributed by atoms with van der Waals surface area (Å²) >= 11 is 1.38. The highest BCUT2D eigenvalue weighted by Gasteiger charge is 2.19. The van der Waals surface area contributed by atoms with Gasteiger partial charge in [-0.3, -0.25) is 4.90 Å². The first kappa shape index (κ1) is 27.2. The fourth-order valence-corrected chi connectivity index (χ4v) is 5.92. The Balaban J connectivity index is 1.43. The van der Waals surface area contributed by atoms with Crippen LogP contribution in [0, 0.1) is 11.3 Å². The van der Waals surface area contributed by atoms with Crippen molar-refractivity contribution >= 4 is 43.9 Å².